The molecule has 0 spiro atoms. The molecule has 2 aromatic rings. The summed E-state index contributed by atoms with van der Waals surface area (Å²) in [5.41, 5.74) is 0.741. The first kappa shape index (κ1) is 21.9. The maximum atomic E-state index is 13.0. The molecular weight excluding hydrogens is 413 g/mol. The molecule has 0 atom stereocenters. The van der Waals surface area contributed by atoms with Crippen LogP contribution in [0.3, 0.4) is 0 Å². The highest BCUT2D eigenvalue weighted by molar-refractivity contribution is 7.92. The number of rotatable bonds is 8. The van der Waals surface area contributed by atoms with Gasteiger partial charge in [-0.2, -0.15) is 0 Å². The molecule has 1 saturated heterocycles. The second-order valence-corrected chi connectivity index (χ2v) is 9.16. The Balaban J connectivity index is 1.62. The number of hydrogen-bond acceptors (Lipinski definition) is 6. The van der Waals surface area contributed by atoms with E-state index in [1.54, 1.807) is 12.1 Å². The number of likely N-dealkylation sites (tertiary alicyclic amines) is 1. The monoisotopic (exact) mass is 437 g/mol. The maximum absolute atomic E-state index is 13.0. The van der Waals surface area contributed by atoms with Crippen LogP contribution >= 0.6 is 0 Å². The number of carbonyl (C=O) groups excluding carboxylic acids is 1. The van der Waals surface area contributed by atoms with Crippen LogP contribution in [0.25, 0.3) is 0 Å². The molecule has 0 aromatic heterocycles. The fraction of sp³-hybridized carbons (Fsp3) is 0.381. The number of amides is 1. The van der Waals surface area contributed by atoms with E-state index in [-0.39, 0.29) is 30.3 Å². The van der Waals surface area contributed by atoms with E-state index in [0.717, 1.165) is 17.7 Å². The van der Waals surface area contributed by atoms with Crippen LogP contribution in [0.4, 0.5) is 4.39 Å². The predicted molar refractivity (Wildman–Crippen MR) is 108 cm³/mol. The van der Waals surface area contributed by atoms with Gasteiger partial charge in [0.2, 0.25) is 5.91 Å². The lowest BCUT2D eigenvalue weighted by Gasteiger charge is -2.38. The molecule has 30 heavy (non-hydrogen) atoms. The minimum atomic E-state index is -3.60. The van der Waals surface area contributed by atoms with Crippen LogP contribution in [-0.2, 0) is 21.1 Å². The van der Waals surface area contributed by atoms with E-state index in [1.165, 1.54) is 38.4 Å². The predicted octanol–water partition coefficient (Wildman–Crippen LogP) is 2.47. The van der Waals surface area contributed by atoms with E-state index in [9.17, 15) is 17.6 Å². The lowest BCUT2D eigenvalue weighted by atomic mass is 10.0. The Bertz CT molecular complexity index is 991. The van der Waals surface area contributed by atoms with E-state index in [1.807, 2.05) is 0 Å². The summed E-state index contributed by atoms with van der Waals surface area (Å²) in [5.74, 6) is 1.04. The topological polar surface area (TPSA) is 82.1 Å². The van der Waals surface area contributed by atoms with Crippen LogP contribution in [0.1, 0.15) is 12.0 Å². The third kappa shape index (κ3) is 4.35. The number of carbonyl (C=O) groups is 1. The summed E-state index contributed by atoms with van der Waals surface area (Å²) in [6.45, 7) is 0.241. The second-order valence-electron chi connectivity index (χ2n) is 6.93. The average Bonchev–Trinajstić information content (AvgIpc) is 2.70. The van der Waals surface area contributed by atoms with Crippen molar-refractivity contribution in [3.05, 3.63) is 47.8 Å². The Kier molecular flexibility index (Phi) is 6.50. The molecule has 0 unspecified atom stereocenters. The molecule has 0 saturated carbocycles. The van der Waals surface area contributed by atoms with Gasteiger partial charge in [-0.25, -0.2) is 12.8 Å². The molecular formula is C21H24FNO6S. The average molecular weight is 437 g/mol. The number of sulfone groups is 1. The Labute approximate surface area is 175 Å². The summed E-state index contributed by atoms with van der Waals surface area (Å²) in [6, 6.07) is 8.16. The zero-order valence-corrected chi connectivity index (χ0v) is 17.9. The second kappa shape index (κ2) is 8.91. The summed E-state index contributed by atoms with van der Waals surface area (Å²) in [6.07, 6.45) is 0.559. The Morgan fingerprint density at radius 1 is 1.03 bits per heavy atom. The van der Waals surface area contributed by atoms with Crippen LogP contribution in [-0.4, -0.2) is 58.9 Å². The van der Waals surface area contributed by atoms with Crippen molar-refractivity contribution in [2.24, 2.45) is 0 Å². The first-order valence-electron chi connectivity index (χ1n) is 9.36. The third-order valence-corrected chi connectivity index (χ3v) is 7.29. The standard InChI is InChI=1S/C21H24FNO6S/c1-27-15-10-19(28-2)18(20(11-15)29-3)8-9-21(24)23-12-17(13-23)30(25,26)16-6-4-14(22)5-7-16/h4-7,10-11,17H,8-9,12-13H2,1-3H3. The smallest absolute Gasteiger partial charge is 0.222 e. The molecule has 3 rings (SSSR count). The normalized spacial score (nSPS) is 14.2. The number of benzene rings is 2. The maximum Gasteiger partial charge on any atom is 0.222 e. The SMILES string of the molecule is COc1cc(OC)c(CCC(=O)N2CC(S(=O)(=O)c3ccc(F)cc3)C2)c(OC)c1. The van der Waals surface area contributed by atoms with Crippen LogP contribution in [0.2, 0.25) is 0 Å². The zero-order chi connectivity index (χ0) is 21.9. The van der Waals surface area contributed by atoms with Crippen molar-refractivity contribution in [2.75, 3.05) is 34.4 Å². The number of nitrogens with zero attached hydrogens (tertiary/aromatic N) is 1. The van der Waals surface area contributed by atoms with Gasteiger partial charge in [-0.1, -0.05) is 0 Å². The largest absolute Gasteiger partial charge is 0.496 e. The van der Waals surface area contributed by atoms with Crippen LogP contribution in [0, 0.1) is 5.82 Å². The van der Waals surface area contributed by atoms with Gasteiger partial charge in [0.15, 0.2) is 9.84 Å². The van der Waals surface area contributed by atoms with Gasteiger partial charge in [0.1, 0.15) is 28.3 Å². The molecule has 1 aliphatic rings. The van der Waals surface area contributed by atoms with Gasteiger partial charge >= 0.3 is 0 Å². The van der Waals surface area contributed by atoms with E-state index in [0.29, 0.717) is 23.7 Å². The van der Waals surface area contributed by atoms with Crippen molar-refractivity contribution in [2.45, 2.75) is 23.0 Å². The summed E-state index contributed by atoms with van der Waals surface area (Å²) in [4.78, 5) is 14.1. The van der Waals surface area contributed by atoms with Crippen LogP contribution in [0.5, 0.6) is 17.2 Å². The Hall–Kier alpha value is -2.81. The van der Waals surface area contributed by atoms with Gasteiger partial charge in [0.25, 0.3) is 0 Å². The fourth-order valence-electron chi connectivity index (χ4n) is 3.37. The van der Waals surface area contributed by atoms with E-state index < -0.39 is 20.9 Å². The molecule has 1 aliphatic heterocycles. The number of ether oxygens (including phenoxy) is 3. The highest BCUT2D eigenvalue weighted by Crippen LogP contribution is 2.35. The van der Waals surface area contributed by atoms with Crippen LogP contribution < -0.4 is 14.2 Å². The Morgan fingerprint density at radius 3 is 2.10 bits per heavy atom. The molecule has 9 heteroatoms. The molecule has 0 radical (unpaired) electrons. The Morgan fingerprint density at radius 2 is 1.60 bits per heavy atom. The lowest BCUT2D eigenvalue weighted by molar-refractivity contribution is -0.134. The number of halogens is 1. The van der Waals surface area contributed by atoms with Crippen molar-refractivity contribution in [3.8, 4) is 17.2 Å². The summed E-state index contributed by atoms with van der Waals surface area (Å²) < 4.78 is 54.2. The molecule has 0 N–H and O–H groups in total. The van der Waals surface area contributed by atoms with Gasteiger partial charge in [0.05, 0.1) is 26.2 Å². The summed E-state index contributed by atoms with van der Waals surface area (Å²) >= 11 is 0. The van der Waals surface area contributed by atoms with E-state index >= 15 is 0 Å². The van der Waals surface area contributed by atoms with Gasteiger partial charge in [-0.3, -0.25) is 4.79 Å². The van der Waals surface area contributed by atoms with Crippen molar-refractivity contribution in [3.63, 3.8) is 0 Å². The molecule has 0 bridgehead atoms. The van der Waals surface area contributed by atoms with Crippen molar-refractivity contribution < 1.29 is 31.8 Å². The van der Waals surface area contributed by atoms with E-state index in [2.05, 4.69) is 0 Å². The number of hydrogen-bond donors (Lipinski definition) is 0. The molecule has 2 aromatic carbocycles. The first-order valence-corrected chi connectivity index (χ1v) is 10.9. The number of methoxy groups -OCH3 is 3. The first-order chi connectivity index (χ1) is 14.3. The highest BCUT2D eigenvalue weighted by atomic mass is 32.2. The van der Waals surface area contributed by atoms with Crippen molar-refractivity contribution >= 4 is 15.7 Å². The summed E-state index contributed by atoms with van der Waals surface area (Å²) in [5, 5.41) is -0.683. The molecule has 162 valence electrons. The van der Waals surface area contributed by atoms with E-state index in [4.69, 9.17) is 14.2 Å². The fourth-order valence-corrected chi connectivity index (χ4v) is 5.02. The van der Waals surface area contributed by atoms with Gasteiger partial charge in [-0.05, 0) is 30.7 Å². The lowest BCUT2D eigenvalue weighted by Crippen LogP contribution is -2.56. The highest BCUT2D eigenvalue weighted by Gasteiger charge is 2.40. The third-order valence-electron chi connectivity index (χ3n) is 5.19. The van der Waals surface area contributed by atoms with Crippen molar-refractivity contribution in [1.82, 2.24) is 4.90 Å². The summed E-state index contributed by atoms with van der Waals surface area (Å²) in [7, 11) is 0.999. The van der Waals surface area contributed by atoms with Crippen LogP contribution in [0.15, 0.2) is 41.3 Å². The minimum absolute atomic E-state index is 0.0636. The molecule has 1 fully saturated rings. The zero-order valence-electron chi connectivity index (χ0n) is 17.1. The molecule has 1 amide bonds. The van der Waals surface area contributed by atoms with Gasteiger partial charge in [0, 0.05) is 37.2 Å². The molecule has 0 aliphatic carbocycles. The minimum Gasteiger partial charge on any atom is -0.496 e. The van der Waals surface area contributed by atoms with Gasteiger partial charge < -0.3 is 19.1 Å². The molecule has 1 heterocycles. The quantitative estimate of drug-likeness (QED) is 0.590. The van der Waals surface area contributed by atoms with Gasteiger partial charge in [-0.15, -0.1) is 0 Å². The van der Waals surface area contributed by atoms with Crippen molar-refractivity contribution in [1.29, 1.82) is 0 Å². The molecule has 7 nitrogen and oxygen atoms in total.